The van der Waals surface area contributed by atoms with E-state index >= 15 is 0 Å². The number of benzene rings is 8. The minimum Gasteiger partial charge on any atom is -0.456 e. The van der Waals surface area contributed by atoms with E-state index in [0.717, 1.165) is 60.9 Å². The Morgan fingerprint density at radius 3 is 1.35 bits per heavy atom. The van der Waals surface area contributed by atoms with Crippen LogP contribution in [-0.2, 0) is 0 Å². The van der Waals surface area contributed by atoms with Crippen LogP contribution in [0.25, 0.3) is 99.2 Å². The van der Waals surface area contributed by atoms with Gasteiger partial charge < -0.3 is 8.83 Å². The summed E-state index contributed by atoms with van der Waals surface area (Å²) in [4.78, 5) is 0. The van der Waals surface area contributed by atoms with Crippen LogP contribution in [0.15, 0.2) is 179 Å². The second-order valence-electron chi connectivity index (χ2n) is 12.4. The Morgan fingerprint density at radius 2 is 0.771 bits per heavy atom. The van der Waals surface area contributed by atoms with Gasteiger partial charge in [0.1, 0.15) is 22.5 Å². The lowest BCUT2D eigenvalue weighted by Crippen LogP contribution is -1.90. The molecule has 0 spiro atoms. The summed E-state index contributed by atoms with van der Waals surface area (Å²) in [6.07, 6.45) is 0. The van der Waals surface area contributed by atoms with Crippen LogP contribution in [0.1, 0.15) is 0 Å². The average molecular weight is 613 g/mol. The number of fused-ring (bicyclic) bond motifs is 7. The summed E-state index contributed by atoms with van der Waals surface area (Å²) >= 11 is 0. The maximum Gasteiger partial charge on any atom is 0.147 e. The van der Waals surface area contributed by atoms with Crippen LogP contribution in [0.5, 0.6) is 0 Å². The molecule has 2 heterocycles. The highest BCUT2D eigenvalue weighted by molar-refractivity contribution is 6.24. The average Bonchev–Trinajstić information content (AvgIpc) is 3.73. The minimum absolute atomic E-state index is 0.816. The Balaban J connectivity index is 1.24. The Kier molecular flexibility index (Phi) is 5.91. The third-order valence-electron chi connectivity index (χ3n) is 9.67. The van der Waals surface area contributed by atoms with Gasteiger partial charge in [0.15, 0.2) is 0 Å². The summed E-state index contributed by atoms with van der Waals surface area (Å²) in [7, 11) is 0. The van der Waals surface area contributed by atoms with E-state index < -0.39 is 0 Å². The maximum atomic E-state index is 6.84. The summed E-state index contributed by atoms with van der Waals surface area (Å²) in [6.45, 7) is 0. The number of rotatable bonds is 4. The van der Waals surface area contributed by atoms with Crippen molar-refractivity contribution in [2.75, 3.05) is 0 Å². The Bertz CT molecular complexity index is 2750. The lowest BCUT2D eigenvalue weighted by molar-refractivity contribution is 0.634. The van der Waals surface area contributed by atoms with Gasteiger partial charge in [0, 0.05) is 21.9 Å². The molecule has 0 bridgehead atoms. The molecule has 8 aromatic carbocycles. The fourth-order valence-corrected chi connectivity index (χ4v) is 7.61. The molecule has 0 unspecified atom stereocenters. The first-order chi connectivity index (χ1) is 23.8. The number of furan rings is 2. The van der Waals surface area contributed by atoms with Gasteiger partial charge in [-0.25, -0.2) is 0 Å². The van der Waals surface area contributed by atoms with Crippen LogP contribution in [0.4, 0.5) is 0 Å². The Morgan fingerprint density at radius 1 is 0.292 bits per heavy atom. The van der Waals surface area contributed by atoms with Crippen molar-refractivity contribution in [3.8, 4) is 44.7 Å². The summed E-state index contributed by atoms with van der Waals surface area (Å²) in [5.74, 6) is 0.867. The second-order valence-corrected chi connectivity index (χ2v) is 12.4. The molecule has 10 aromatic rings. The summed E-state index contributed by atoms with van der Waals surface area (Å²) < 4.78 is 13.5. The third kappa shape index (κ3) is 4.00. The van der Waals surface area contributed by atoms with Crippen molar-refractivity contribution in [1.29, 1.82) is 0 Å². The summed E-state index contributed by atoms with van der Waals surface area (Å²) in [6, 6.07) is 60.0. The van der Waals surface area contributed by atoms with E-state index in [1.165, 1.54) is 38.2 Å². The molecule has 0 amide bonds. The molecule has 2 aromatic heterocycles. The predicted molar refractivity (Wildman–Crippen MR) is 200 cm³/mol. The van der Waals surface area contributed by atoms with Gasteiger partial charge in [-0.3, -0.25) is 0 Å². The van der Waals surface area contributed by atoms with Crippen molar-refractivity contribution < 1.29 is 8.83 Å². The van der Waals surface area contributed by atoms with Crippen LogP contribution < -0.4 is 0 Å². The topological polar surface area (TPSA) is 26.3 Å². The molecule has 224 valence electrons. The van der Waals surface area contributed by atoms with E-state index in [2.05, 4.69) is 164 Å². The van der Waals surface area contributed by atoms with Gasteiger partial charge in [0.2, 0.25) is 0 Å². The van der Waals surface area contributed by atoms with E-state index in [-0.39, 0.29) is 0 Å². The van der Waals surface area contributed by atoms with Gasteiger partial charge in [-0.1, -0.05) is 146 Å². The maximum absolute atomic E-state index is 6.84. The molecule has 0 aliphatic rings. The van der Waals surface area contributed by atoms with Crippen LogP contribution in [0.2, 0.25) is 0 Å². The quantitative estimate of drug-likeness (QED) is 0.185. The standard InChI is InChI=1S/C46H28O2/c1-4-14-29(15-5-1)41-33-20-10-12-22-35(33)42(36-23-13-11-21-34(36)41)32-24-25-37-40(28-32)47-39-27-26-38-43(30-16-6-2-7-17-30)45(48-46(38)44(37)39)31-18-8-3-9-19-31/h1-28H. The van der Waals surface area contributed by atoms with E-state index in [1.807, 2.05) is 6.07 Å². The second kappa shape index (κ2) is 10.6. The van der Waals surface area contributed by atoms with E-state index in [0.29, 0.717) is 0 Å². The molecule has 48 heavy (non-hydrogen) atoms. The molecule has 10 rings (SSSR count). The molecule has 0 saturated heterocycles. The number of hydrogen-bond donors (Lipinski definition) is 0. The van der Waals surface area contributed by atoms with Gasteiger partial charge in [-0.05, 0) is 73.6 Å². The molecule has 0 radical (unpaired) electrons. The van der Waals surface area contributed by atoms with E-state index in [9.17, 15) is 0 Å². The van der Waals surface area contributed by atoms with Gasteiger partial charge >= 0.3 is 0 Å². The monoisotopic (exact) mass is 612 g/mol. The highest BCUT2D eigenvalue weighted by Gasteiger charge is 2.23. The lowest BCUT2D eigenvalue weighted by atomic mass is 9.86. The van der Waals surface area contributed by atoms with E-state index in [1.54, 1.807) is 0 Å². The molecule has 0 aliphatic carbocycles. The first kappa shape index (κ1) is 26.8. The molecular formula is C46H28O2. The highest BCUT2D eigenvalue weighted by atomic mass is 16.3. The molecular weight excluding hydrogens is 585 g/mol. The Labute approximate surface area is 277 Å². The molecule has 0 atom stereocenters. The zero-order valence-electron chi connectivity index (χ0n) is 26.0. The fourth-order valence-electron chi connectivity index (χ4n) is 7.61. The van der Waals surface area contributed by atoms with Crippen LogP contribution in [0.3, 0.4) is 0 Å². The largest absolute Gasteiger partial charge is 0.456 e. The molecule has 0 aliphatic heterocycles. The lowest BCUT2D eigenvalue weighted by Gasteiger charge is -2.17. The first-order valence-corrected chi connectivity index (χ1v) is 16.4. The SMILES string of the molecule is c1ccc(-c2oc3c(ccc4oc5cc(-c6c7ccccc7c(-c7ccccc7)c7ccccc67)ccc5c43)c2-c2ccccc2)cc1. The third-order valence-corrected chi connectivity index (χ3v) is 9.67. The van der Waals surface area contributed by atoms with Crippen LogP contribution in [0, 0.1) is 0 Å². The van der Waals surface area contributed by atoms with Crippen molar-refractivity contribution in [1.82, 2.24) is 0 Å². The molecule has 0 fully saturated rings. The van der Waals surface area contributed by atoms with E-state index in [4.69, 9.17) is 8.83 Å². The molecule has 0 saturated carbocycles. The van der Waals surface area contributed by atoms with Crippen LogP contribution >= 0.6 is 0 Å². The van der Waals surface area contributed by atoms with Gasteiger partial charge in [-0.2, -0.15) is 0 Å². The van der Waals surface area contributed by atoms with Gasteiger partial charge in [0.05, 0.1) is 5.39 Å². The summed E-state index contributed by atoms with van der Waals surface area (Å²) in [5, 5.41) is 8.04. The van der Waals surface area contributed by atoms with Crippen molar-refractivity contribution in [2.24, 2.45) is 0 Å². The zero-order chi connectivity index (χ0) is 31.6. The first-order valence-electron chi connectivity index (χ1n) is 16.4. The van der Waals surface area contributed by atoms with Crippen LogP contribution in [-0.4, -0.2) is 0 Å². The van der Waals surface area contributed by atoms with Gasteiger partial charge in [0.25, 0.3) is 0 Å². The Hall–Kier alpha value is -6.38. The molecule has 0 N–H and O–H groups in total. The van der Waals surface area contributed by atoms with Crippen molar-refractivity contribution in [3.63, 3.8) is 0 Å². The fraction of sp³-hybridized carbons (Fsp3) is 0. The normalized spacial score (nSPS) is 11.8. The van der Waals surface area contributed by atoms with Gasteiger partial charge in [-0.15, -0.1) is 0 Å². The smallest absolute Gasteiger partial charge is 0.147 e. The number of hydrogen-bond acceptors (Lipinski definition) is 2. The zero-order valence-corrected chi connectivity index (χ0v) is 26.0. The van der Waals surface area contributed by atoms with Crippen molar-refractivity contribution in [2.45, 2.75) is 0 Å². The van der Waals surface area contributed by atoms with Crippen molar-refractivity contribution in [3.05, 3.63) is 170 Å². The molecule has 2 heteroatoms. The minimum atomic E-state index is 0.816. The highest BCUT2D eigenvalue weighted by Crippen LogP contribution is 2.47. The summed E-state index contributed by atoms with van der Waals surface area (Å²) in [5.41, 5.74) is 10.6. The molecule has 2 nitrogen and oxygen atoms in total. The van der Waals surface area contributed by atoms with Crippen molar-refractivity contribution >= 4 is 54.5 Å². The predicted octanol–water partition coefficient (Wildman–Crippen LogP) is 13.3.